The fourth-order valence-electron chi connectivity index (χ4n) is 6.66. The smallest absolute Gasteiger partial charge is 0.419 e. The highest BCUT2D eigenvalue weighted by molar-refractivity contribution is 8.00. The van der Waals surface area contributed by atoms with E-state index in [-0.39, 0.29) is 37.7 Å². The van der Waals surface area contributed by atoms with Crippen LogP contribution >= 0.6 is 46.7 Å². The summed E-state index contributed by atoms with van der Waals surface area (Å²) in [5.74, 6) is -2.82. The Balaban J connectivity index is 1.35. The van der Waals surface area contributed by atoms with Crippen molar-refractivity contribution in [3.63, 3.8) is 0 Å². The van der Waals surface area contributed by atoms with Gasteiger partial charge in [0, 0.05) is 43.8 Å². The number of halogens is 2. The number of hydrogen-bond donors (Lipinski definition) is 0. The van der Waals surface area contributed by atoms with Gasteiger partial charge in [-0.3, -0.25) is 9.59 Å². The van der Waals surface area contributed by atoms with Crippen molar-refractivity contribution in [2.24, 2.45) is 0 Å². The van der Waals surface area contributed by atoms with E-state index in [2.05, 4.69) is 0 Å². The van der Waals surface area contributed by atoms with Crippen LogP contribution < -0.4 is 9.80 Å². The predicted octanol–water partition coefficient (Wildman–Crippen LogP) is 8.05. The zero-order valence-corrected chi connectivity index (χ0v) is 34.9. The maximum absolute atomic E-state index is 14.3. The fourth-order valence-corrected chi connectivity index (χ4v) is 9.61. The summed E-state index contributed by atoms with van der Waals surface area (Å²) in [5.41, 5.74) is 2.42. The summed E-state index contributed by atoms with van der Waals surface area (Å²) in [5, 5.41) is 0.931. The van der Waals surface area contributed by atoms with Crippen molar-refractivity contribution in [1.82, 2.24) is 9.80 Å². The third kappa shape index (κ3) is 9.55. The number of carbonyl (C=O) groups is 4. The molecule has 14 heteroatoms. The zero-order chi connectivity index (χ0) is 40.0. The number of ether oxygens (including phenoxy) is 2. The average molecular weight is 836 g/mol. The number of para-hydroxylation sites is 2. The van der Waals surface area contributed by atoms with Crippen molar-refractivity contribution in [3.05, 3.63) is 118 Å². The summed E-state index contributed by atoms with van der Waals surface area (Å²) >= 11 is 15.1. The van der Waals surface area contributed by atoms with Gasteiger partial charge in [0.25, 0.3) is 0 Å². The summed E-state index contributed by atoms with van der Waals surface area (Å²) in [7, 11) is 7.80. The standard InChI is InChI=1S/C42H44Cl2N4O6S2/c1-45(2)25-9-15-37(49)47-27-41(29-17-21-31(43)22-18-29,55-35-13-7-5-11-33(35)47)53-39(51)40(52)54-42(30-19-23-32(44)24-20-30)28-48(38(50)16-10-26-46(3)4)34-12-6-8-14-36(34)56-42/h5-8,11-14,17-24H,9-10,15-16,25-28H2,1-4H3. The Hall–Kier alpha value is -4.04. The van der Waals surface area contributed by atoms with Crippen LogP contribution in [-0.4, -0.2) is 87.9 Å². The maximum Gasteiger partial charge on any atom is 0.419 e. The molecule has 0 N–H and O–H groups in total. The molecule has 2 amide bonds. The molecule has 294 valence electrons. The monoisotopic (exact) mass is 834 g/mol. The minimum absolute atomic E-state index is 0.0736. The molecule has 10 nitrogen and oxygen atoms in total. The van der Waals surface area contributed by atoms with Crippen LogP contribution in [0.1, 0.15) is 36.8 Å². The van der Waals surface area contributed by atoms with Crippen molar-refractivity contribution in [2.75, 3.05) is 64.2 Å². The first-order chi connectivity index (χ1) is 26.8. The Bertz CT molecular complexity index is 1920. The molecule has 0 radical (unpaired) electrons. The number of amides is 2. The lowest BCUT2D eigenvalue weighted by Crippen LogP contribution is -2.50. The van der Waals surface area contributed by atoms with Crippen molar-refractivity contribution in [3.8, 4) is 0 Å². The number of esters is 2. The number of benzene rings is 4. The van der Waals surface area contributed by atoms with Crippen LogP contribution in [-0.2, 0) is 38.5 Å². The van der Waals surface area contributed by atoms with Crippen molar-refractivity contribution >= 4 is 81.9 Å². The normalized spacial score (nSPS) is 19.0. The lowest BCUT2D eigenvalue weighted by atomic mass is 10.1. The molecule has 0 aromatic heterocycles. The molecular weight excluding hydrogens is 792 g/mol. The Morgan fingerprint density at radius 2 is 0.946 bits per heavy atom. The summed E-state index contributed by atoms with van der Waals surface area (Å²) < 4.78 is 12.6. The van der Waals surface area contributed by atoms with Gasteiger partial charge in [0.1, 0.15) is 0 Å². The molecule has 2 aliphatic heterocycles. The van der Waals surface area contributed by atoms with E-state index in [1.54, 1.807) is 58.3 Å². The number of rotatable bonds is 12. The largest absolute Gasteiger partial charge is 0.433 e. The average Bonchev–Trinajstić information content (AvgIpc) is 3.17. The summed E-state index contributed by atoms with van der Waals surface area (Å²) in [4.78, 5) is 62.0. The van der Waals surface area contributed by atoms with Gasteiger partial charge in [-0.05, 0) is 103 Å². The first-order valence-electron chi connectivity index (χ1n) is 18.2. The second-order valence-corrected chi connectivity index (χ2v) is 17.7. The van der Waals surface area contributed by atoms with Gasteiger partial charge in [0.05, 0.1) is 24.5 Å². The predicted molar refractivity (Wildman–Crippen MR) is 223 cm³/mol. The minimum Gasteiger partial charge on any atom is -0.433 e. The van der Waals surface area contributed by atoms with Crippen LogP contribution in [0.5, 0.6) is 0 Å². The SMILES string of the molecule is CN(C)CCCC(=O)N1CC(OC(=O)C(=O)OC2(c3ccc(Cl)cc3)CN(C(=O)CCCN(C)C)c3ccccc3S2)(c2ccc(Cl)cc2)Sc2ccccc21. The van der Waals surface area contributed by atoms with E-state index in [9.17, 15) is 19.2 Å². The highest BCUT2D eigenvalue weighted by atomic mass is 35.5. The Morgan fingerprint density at radius 3 is 1.30 bits per heavy atom. The van der Waals surface area contributed by atoms with E-state index in [1.165, 1.54) is 23.5 Å². The van der Waals surface area contributed by atoms with Gasteiger partial charge >= 0.3 is 11.9 Å². The molecule has 6 rings (SSSR count). The number of nitrogens with zero attached hydrogens (tertiary/aromatic N) is 4. The molecule has 2 atom stereocenters. The van der Waals surface area contributed by atoms with Crippen LogP contribution in [0.4, 0.5) is 11.4 Å². The molecule has 4 aromatic carbocycles. The number of thioether (sulfide) groups is 2. The molecule has 0 fully saturated rings. The van der Waals surface area contributed by atoms with Crippen LogP contribution in [0.15, 0.2) is 107 Å². The van der Waals surface area contributed by atoms with Gasteiger partial charge in [-0.1, -0.05) is 95.3 Å². The van der Waals surface area contributed by atoms with Gasteiger partial charge < -0.3 is 29.1 Å². The number of hydrogen-bond acceptors (Lipinski definition) is 10. The highest BCUT2D eigenvalue weighted by Gasteiger charge is 2.50. The minimum atomic E-state index is -1.56. The summed E-state index contributed by atoms with van der Waals surface area (Å²) in [6, 6.07) is 28.4. The van der Waals surface area contributed by atoms with E-state index in [1.807, 2.05) is 86.5 Å². The third-order valence-corrected chi connectivity index (χ3v) is 12.6. The number of carbonyl (C=O) groups excluding carboxylic acids is 4. The molecule has 4 aromatic rings. The lowest BCUT2D eigenvalue weighted by molar-refractivity contribution is -0.177. The molecule has 0 spiro atoms. The first-order valence-corrected chi connectivity index (χ1v) is 20.6. The van der Waals surface area contributed by atoms with E-state index < -0.39 is 21.8 Å². The summed E-state index contributed by atoms with van der Waals surface area (Å²) in [6.07, 6.45) is 1.77. The van der Waals surface area contributed by atoms with Gasteiger partial charge in [-0.2, -0.15) is 0 Å². The molecule has 0 saturated heterocycles. The van der Waals surface area contributed by atoms with Crippen LogP contribution in [0, 0.1) is 0 Å². The number of fused-ring (bicyclic) bond motifs is 2. The molecule has 0 aliphatic carbocycles. The second kappa shape index (κ2) is 18.0. The van der Waals surface area contributed by atoms with E-state index in [0.29, 0.717) is 55.2 Å². The second-order valence-electron chi connectivity index (χ2n) is 14.2. The topological polar surface area (TPSA) is 99.7 Å². The van der Waals surface area contributed by atoms with Crippen LogP contribution in [0.25, 0.3) is 0 Å². The van der Waals surface area contributed by atoms with Crippen molar-refractivity contribution in [1.29, 1.82) is 0 Å². The molecule has 0 saturated carbocycles. The van der Waals surface area contributed by atoms with Gasteiger partial charge in [0.15, 0.2) is 0 Å². The highest BCUT2D eigenvalue weighted by Crippen LogP contribution is 2.53. The Kier molecular flexibility index (Phi) is 13.4. The Morgan fingerprint density at radius 1 is 0.589 bits per heavy atom. The Labute approximate surface area is 346 Å². The van der Waals surface area contributed by atoms with Crippen molar-refractivity contribution in [2.45, 2.75) is 45.3 Å². The van der Waals surface area contributed by atoms with Crippen LogP contribution in [0.3, 0.4) is 0 Å². The molecule has 2 unspecified atom stereocenters. The van der Waals surface area contributed by atoms with Gasteiger partial charge in [-0.25, -0.2) is 9.59 Å². The molecule has 2 heterocycles. The van der Waals surface area contributed by atoms with E-state index >= 15 is 0 Å². The molecule has 0 bridgehead atoms. The maximum atomic E-state index is 14.3. The van der Waals surface area contributed by atoms with E-state index in [4.69, 9.17) is 32.7 Å². The summed E-state index contributed by atoms with van der Waals surface area (Å²) in [6.45, 7) is 1.29. The first kappa shape index (κ1) is 41.6. The van der Waals surface area contributed by atoms with Gasteiger partial charge in [0.2, 0.25) is 21.7 Å². The molecular formula is C42H44Cl2N4O6S2. The van der Waals surface area contributed by atoms with Gasteiger partial charge in [-0.15, -0.1) is 0 Å². The fraction of sp³-hybridized carbons (Fsp3) is 0.333. The third-order valence-electron chi connectivity index (χ3n) is 9.44. The lowest BCUT2D eigenvalue weighted by Gasteiger charge is -2.43. The molecule has 2 aliphatic rings. The van der Waals surface area contributed by atoms with Crippen molar-refractivity contribution < 1.29 is 28.7 Å². The molecule has 56 heavy (non-hydrogen) atoms. The zero-order valence-electron chi connectivity index (χ0n) is 31.7. The van der Waals surface area contributed by atoms with Crippen LogP contribution in [0.2, 0.25) is 10.0 Å². The number of anilines is 2. The quantitative estimate of drug-likeness (QED) is 0.103. The van der Waals surface area contributed by atoms with E-state index in [0.717, 1.165) is 13.1 Å².